The molecule has 3 unspecified atom stereocenters. The van der Waals surface area contributed by atoms with Crippen molar-refractivity contribution in [3.05, 3.63) is 0 Å². The van der Waals surface area contributed by atoms with E-state index in [1.165, 1.54) is 12.8 Å². The first-order valence-electron chi connectivity index (χ1n) is 9.30. The third kappa shape index (κ3) is 5.48. The fourth-order valence-corrected chi connectivity index (χ4v) is 3.83. The summed E-state index contributed by atoms with van der Waals surface area (Å²) in [5.41, 5.74) is 0. The Hall–Kier alpha value is -1.10. The van der Waals surface area contributed by atoms with Crippen LogP contribution in [0, 0.1) is 5.92 Å². The Morgan fingerprint density at radius 3 is 2.26 bits per heavy atom. The first kappa shape index (κ1) is 18.2. The van der Waals surface area contributed by atoms with Crippen LogP contribution in [0.4, 0.5) is 0 Å². The maximum atomic E-state index is 12.6. The van der Waals surface area contributed by atoms with E-state index in [9.17, 15) is 14.7 Å². The average Bonchev–Trinajstić information content (AvgIpc) is 3.00. The van der Waals surface area contributed by atoms with E-state index in [0.29, 0.717) is 12.8 Å². The fraction of sp³-hybridized carbons (Fsp3) is 0.889. The van der Waals surface area contributed by atoms with Crippen LogP contribution in [-0.2, 0) is 14.3 Å². The highest BCUT2D eigenvalue weighted by atomic mass is 16.5. The number of nitrogens with one attached hydrogen (secondary N) is 1. The molecule has 0 aromatic rings. The Labute approximate surface area is 139 Å². The number of carbonyl (C=O) groups excluding carboxylic acids is 1. The van der Waals surface area contributed by atoms with E-state index in [1.807, 2.05) is 6.92 Å². The second kappa shape index (κ2) is 9.26. The van der Waals surface area contributed by atoms with E-state index in [1.54, 1.807) is 0 Å². The van der Waals surface area contributed by atoms with Gasteiger partial charge in [-0.25, -0.2) is 0 Å². The number of carboxylic acids is 1. The Morgan fingerprint density at radius 2 is 1.65 bits per heavy atom. The van der Waals surface area contributed by atoms with E-state index in [2.05, 4.69) is 5.32 Å². The molecular formula is C18H31NO4. The quantitative estimate of drug-likeness (QED) is 0.786. The number of carbonyl (C=O) groups is 2. The molecule has 0 saturated heterocycles. The van der Waals surface area contributed by atoms with Gasteiger partial charge in [0.05, 0.1) is 12.0 Å². The zero-order valence-corrected chi connectivity index (χ0v) is 14.3. The maximum Gasteiger partial charge on any atom is 0.308 e. The van der Waals surface area contributed by atoms with Crippen LogP contribution >= 0.6 is 0 Å². The van der Waals surface area contributed by atoms with Gasteiger partial charge >= 0.3 is 5.97 Å². The highest BCUT2D eigenvalue weighted by Crippen LogP contribution is 2.25. The van der Waals surface area contributed by atoms with Gasteiger partial charge in [0.1, 0.15) is 6.10 Å². The van der Waals surface area contributed by atoms with Crippen LogP contribution in [0.2, 0.25) is 0 Å². The van der Waals surface area contributed by atoms with Crippen molar-refractivity contribution in [2.24, 2.45) is 5.92 Å². The lowest BCUT2D eigenvalue weighted by molar-refractivity contribution is -0.145. The van der Waals surface area contributed by atoms with Crippen molar-refractivity contribution in [2.45, 2.75) is 95.8 Å². The van der Waals surface area contributed by atoms with Crippen molar-refractivity contribution >= 4 is 11.9 Å². The number of amides is 1. The SMILES string of the molecule is CCC(OC1CCCC1)C(=O)NC1CCCCCCC1C(=O)O. The lowest BCUT2D eigenvalue weighted by Crippen LogP contribution is -2.48. The van der Waals surface area contributed by atoms with Gasteiger partial charge in [-0.1, -0.05) is 45.4 Å². The molecule has 2 aliphatic rings. The molecule has 2 rings (SSSR count). The Bertz CT molecular complexity index is 392. The minimum Gasteiger partial charge on any atom is -0.481 e. The van der Waals surface area contributed by atoms with Crippen molar-refractivity contribution in [1.82, 2.24) is 5.32 Å². The molecule has 2 fully saturated rings. The van der Waals surface area contributed by atoms with Crippen LogP contribution in [0.25, 0.3) is 0 Å². The molecule has 5 nitrogen and oxygen atoms in total. The normalized spacial score (nSPS) is 27.9. The van der Waals surface area contributed by atoms with Crippen LogP contribution in [-0.4, -0.2) is 35.2 Å². The van der Waals surface area contributed by atoms with Crippen LogP contribution in [0.15, 0.2) is 0 Å². The van der Waals surface area contributed by atoms with E-state index >= 15 is 0 Å². The van der Waals surface area contributed by atoms with Gasteiger partial charge in [-0.05, 0) is 32.1 Å². The predicted octanol–water partition coefficient (Wildman–Crippen LogP) is 3.26. The summed E-state index contributed by atoms with van der Waals surface area (Å²) >= 11 is 0. The lowest BCUT2D eigenvalue weighted by atomic mass is 9.86. The standard InChI is InChI=1S/C18H31NO4/c1-2-16(23-13-9-7-8-10-13)17(20)19-15-12-6-4-3-5-11-14(15)18(21)22/h13-16H,2-12H2,1H3,(H,19,20)(H,21,22). The van der Waals surface area contributed by atoms with E-state index < -0.39 is 18.0 Å². The smallest absolute Gasteiger partial charge is 0.308 e. The molecule has 0 spiro atoms. The summed E-state index contributed by atoms with van der Waals surface area (Å²) in [6.45, 7) is 1.95. The summed E-state index contributed by atoms with van der Waals surface area (Å²) in [6.07, 6.45) is 10.3. The van der Waals surface area contributed by atoms with E-state index in [0.717, 1.165) is 44.9 Å². The summed E-state index contributed by atoms with van der Waals surface area (Å²) < 4.78 is 5.96. The van der Waals surface area contributed by atoms with Gasteiger partial charge in [-0.2, -0.15) is 0 Å². The molecule has 132 valence electrons. The molecule has 1 amide bonds. The second-order valence-electron chi connectivity index (χ2n) is 6.99. The highest BCUT2D eigenvalue weighted by Gasteiger charge is 2.32. The van der Waals surface area contributed by atoms with Crippen LogP contribution in [0.5, 0.6) is 0 Å². The fourth-order valence-electron chi connectivity index (χ4n) is 3.83. The summed E-state index contributed by atoms with van der Waals surface area (Å²) in [5.74, 6) is -1.39. The summed E-state index contributed by atoms with van der Waals surface area (Å²) in [4.78, 5) is 24.1. The first-order valence-corrected chi connectivity index (χ1v) is 9.30. The molecule has 2 N–H and O–H groups in total. The molecule has 0 radical (unpaired) electrons. The Morgan fingerprint density at radius 1 is 1.04 bits per heavy atom. The zero-order valence-electron chi connectivity index (χ0n) is 14.3. The highest BCUT2D eigenvalue weighted by molar-refractivity contribution is 5.82. The number of hydrogen-bond acceptors (Lipinski definition) is 3. The Balaban J connectivity index is 1.94. The third-order valence-corrected chi connectivity index (χ3v) is 5.23. The van der Waals surface area contributed by atoms with Gasteiger partial charge < -0.3 is 15.2 Å². The first-order chi connectivity index (χ1) is 11.1. The molecule has 23 heavy (non-hydrogen) atoms. The molecule has 0 heterocycles. The van der Waals surface area contributed by atoms with Gasteiger partial charge in [-0.15, -0.1) is 0 Å². The summed E-state index contributed by atoms with van der Waals surface area (Å²) in [7, 11) is 0. The zero-order chi connectivity index (χ0) is 16.7. The molecule has 0 aromatic carbocycles. The monoisotopic (exact) mass is 325 g/mol. The molecular weight excluding hydrogens is 294 g/mol. The molecule has 3 atom stereocenters. The third-order valence-electron chi connectivity index (χ3n) is 5.23. The number of rotatable bonds is 6. The van der Waals surface area contributed by atoms with Crippen molar-refractivity contribution in [3.63, 3.8) is 0 Å². The van der Waals surface area contributed by atoms with Crippen LogP contribution in [0.1, 0.15) is 77.6 Å². The predicted molar refractivity (Wildman–Crippen MR) is 88.2 cm³/mol. The van der Waals surface area contributed by atoms with Gasteiger partial charge in [-0.3, -0.25) is 9.59 Å². The second-order valence-corrected chi connectivity index (χ2v) is 6.99. The molecule has 0 aromatic heterocycles. The van der Waals surface area contributed by atoms with Crippen LogP contribution < -0.4 is 5.32 Å². The summed E-state index contributed by atoms with van der Waals surface area (Å²) in [6, 6.07) is -0.262. The minimum absolute atomic E-state index is 0.128. The number of hydrogen-bond donors (Lipinski definition) is 2. The lowest BCUT2D eigenvalue weighted by Gasteiger charge is -2.29. The molecule has 5 heteroatoms. The molecule has 2 aliphatic carbocycles. The molecule has 0 bridgehead atoms. The van der Waals surface area contributed by atoms with Gasteiger partial charge in [0.2, 0.25) is 5.91 Å². The Kier molecular flexibility index (Phi) is 7.34. The van der Waals surface area contributed by atoms with E-state index in [4.69, 9.17) is 4.74 Å². The number of aliphatic carboxylic acids is 1. The van der Waals surface area contributed by atoms with E-state index in [-0.39, 0.29) is 18.1 Å². The molecule has 0 aliphatic heterocycles. The average molecular weight is 325 g/mol. The van der Waals surface area contributed by atoms with Crippen molar-refractivity contribution in [2.75, 3.05) is 0 Å². The number of carboxylic acid groups (broad SMARTS) is 1. The maximum absolute atomic E-state index is 12.6. The summed E-state index contributed by atoms with van der Waals surface area (Å²) in [5, 5.41) is 12.5. The van der Waals surface area contributed by atoms with Gasteiger partial charge in [0.15, 0.2) is 0 Å². The van der Waals surface area contributed by atoms with Crippen LogP contribution in [0.3, 0.4) is 0 Å². The van der Waals surface area contributed by atoms with Crippen molar-refractivity contribution in [3.8, 4) is 0 Å². The van der Waals surface area contributed by atoms with Crippen molar-refractivity contribution < 1.29 is 19.4 Å². The molecule has 2 saturated carbocycles. The number of ether oxygens (including phenoxy) is 1. The van der Waals surface area contributed by atoms with Gasteiger partial charge in [0.25, 0.3) is 0 Å². The minimum atomic E-state index is -0.790. The largest absolute Gasteiger partial charge is 0.481 e. The van der Waals surface area contributed by atoms with Gasteiger partial charge in [0, 0.05) is 6.04 Å². The topological polar surface area (TPSA) is 75.6 Å². The van der Waals surface area contributed by atoms with Crippen molar-refractivity contribution in [1.29, 1.82) is 0 Å².